The number of ether oxygens (including phenoxy) is 2. The average Bonchev–Trinajstić information content (AvgIpc) is 3.08. The van der Waals surface area contributed by atoms with E-state index in [0.717, 1.165) is 17.7 Å². The summed E-state index contributed by atoms with van der Waals surface area (Å²) in [7, 11) is 0. The van der Waals surface area contributed by atoms with Gasteiger partial charge in [0.15, 0.2) is 0 Å². The highest BCUT2D eigenvalue weighted by Crippen LogP contribution is 2.43. The molecule has 0 radical (unpaired) electrons. The summed E-state index contributed by atoms with van der Waals surface area (Å²) in [4.78, 5) is 0. The van der Waals surface area contributed by atoms with Gasteiger partial charge >= 0.3 is 0 Å². The molecule has 110 valence electrons. The summed E-state index contributed by atoms with van der Waals surface area (Å²) in [5.74, 6) is 0.899. The Kier molecular flexibility index (Phi) is 3.99. The van der Waals surface area contributed by atoms with Crippen molar-refractivity contribution >= 4 is 0 Å². The van der Waals surface area contributed by atoms with Crippen molar-refractivity contribution in [3.63, 3.8) is 0 Å². The molecule has 1 aromatic rings. The van der Waals surface area contributed by atoms with Gasteiger partial charge in [-0.2, -0.15) is 0 Å². The molecule has 20 heavy (non-hydrogen) atoms. The Balaban J connectivity index is 1.54. The van der Waals surface area contributed by atoms with Gasteiger partial charge in [0.05, 0.1) is 11.7 Å². The number of hydrogen-bond donors (Lipinski definition) is 1. The third-order valence-corrected chi connectivity index (χ3v) is 4.67. The highest BCUT2D eigenvalue weighted by molar-refractivity contribution is 5.30. The van der Waals surface area contributed by atoms with E-state index < -0.39 is 0 Å². The molecular formula is C17H25NO2. The van der Waals surface area contributed by atoms with Crippen molar-refractivity contribution < 1.29 is 9.47 Å². The van der Waals surface area contributed by atoms with Gasteiger partial charge in [-0.1, -0.05) is 25.0 Å². The fourth-order valence-electron chi connectivity index (χ4n) is 3.48. The summed E-state index contributed by atoms with van der Waals surface area (Å²) < 4.78 is 12.2. The maximum absolute atomic E-state index is 6.26. The van der Waals surface area contributed by atoms with Gasteiger partial charge in [-0.25, -0.2) is 0 Å². The summed E-state index contributed by atoms with van der Waals surface area (Å²) >= 11 is 0. The maximum atomic E-state index is 6.26. The molecule has 3 heteroatoms. The molecule has 3 rings (SSSR count). The highest BCUT2D eigenvalue weighted by Gasteiger charge is 2.42. The predicted octanol–water partition coefficient (Wildman–Crippen LogP) is 3.58. The van der Waals surface area contributed by atoms with Crippen LogP contribution in [0.5, 0.6) is 5.75 Å². The SMILES string of the molecule is C[C@@H](N)c1cccc(OCC2CCC3(CCCC3)O2)c1. The molecule has 1 heterocycles. The van der Waals surface area contributed by atoms with Gasteiger partial charge < -0.3 is 15.2 Å². The van der Waals surface area contributed by atoms with E-state index in [1.807, 2.05) is 31.2 Å². The first-order valence-electron chi connectivity index (χ1n) is 7.83. The van der Waals surface area contributed by atoms with Crippen LogP contribution in [-0.2, 0) is 4.74 Å². The van der Waals surface area contributed by atoms with Gasteiger partial charge in [0.25, 0.3) is 0 Å². The summed E-state index contributed by atoms with van der Waals surface area (Å²) in [5.41, 5.74) is 7.21. The van der Waals surface area contributed by atoms with Crippen molar-refractivity contribution in [2.45, 2.75) is 63.2 Å². The fraction of sp³-hybridized carbons (Fsp3) is 0.647. The molecule has 2 N–H and O–H groups in total. The van der Waals surface area contributed by atoms with Crippen LogP contribution in [0.1, 0.15) is 57.1 Å². The molecule has 1 unspecified atom stereocenters. The largest absolute Gasteiger partial charge is 0.491 e. The second-order valence-electron chi connectivity index (χ2n) is 6.34. The molecule has 0 bridgehead atoms. The summed E-state index contributed by atoms with van der Waals surface area (Å²) in [6, 6.07) is 8.11. The van der Waals surface area contributed by atoms with Crippen LogP contribution in [-0.4, -0.2) is 18.3 Å². The molecule has 2 aliphatic rings. The number of hydrogen-bond acceptors (Lipinski definition) is 3. The van der Waals surface area contributed by atoms with Crippen molar-refractivity contribution in [1.29, 1.82) is 0 Å². The van der Waals surface area contributed by atoms with E-state index in [4.69, 9.17) is 15.2 Å². The second kappa shape index (κ2) is 5.74. The minimum Gasteiger partial charge on any atom is -0.491 e. The molecule has 1 spiro atoms. The van der Waals surface area contributed by atoms with E-state index in [2.05, 4.69) is 0 Å². The monoisotopic (exact) mass is 275 g/mol. The second-order valence-corrected chi connectivity index (χ2v) is 6.34. The Bertz CT molecular complexity index is 452. The molecule has 2 atom stereocenters. The van der Waals surface area contributed by atoms with E-state index in [-0.39, 0.29) is 17.7 Å². The molecule has 3 nitrogen and oxygen atoms in total. The van der Waals surface area contributed by atoms with E-state index in [1.54, 1.807) is 0 Å². The zero-order chi connectivity index (χ0) is 14.0. The lowest BCUT2D eigenvalue weighted by Crippen LogP contribution is -2.27. The molecule has 1 aromatic carbocycles. The molecular weight excluding hydrogens is 250 g/mol. The van der Waals surface area contributed by atoms with Crippen LogP contribution < -0.4 is 10.5 Å². The Morgan fingerprint density at radius 2 is 2.15 bits per heavy atom. The molecule has 1 aliphatic carbocycles. The van der Waals surface area contributed by atoms with Gasteiger partial charge in [-0.15, -0.1) is 0 Å². The first-order valence-corrected chi connectivity index (χ1v) is 7.83. The standard InChI is InChI=1S/C17H25NO2/c1-13(18)14-5-4-6-15(11-14)19-12-16-7-10-17(20-16)8-2-3-9-17/h4-6,11,13,16H,2-3,7-10,12,18H2,1H3/t13-,16?/m1/s1. The van der Waals surface area contributed by atoms with Gasteiger partial charge in [0, 0.05) is 6.04 Å². The van der Waals surface area contributed by atoms with E-state index in [1.165, 1.54) is 32.1 Å². The smallest absolute Gasteiger partial charge is 0.119 e. The Hall–Kier alpha value is -1.06. The maximum Gasteiger partial charge on any atom is 0.119 e. The Labute approximate surface area is 121 Å². The molecule has 1 saturated heterocycles. The minimum absolute atomic E-state index is 0.0445. The minimum atomic E-state index is 0.0445. The number of benzene rings is 1. The van der Waals surface area contributed by atoms with Crippen LogP contribution >= 0.6 is 0 Å². The van der Waals surface area contributed by atoms with Crippen LogP contribution in [0.2, 0.25) is 0 Å². The van der Waals surface area contributed by atoms with E-state index in [0.29, 0.717) is 6.61 Å². The lowest BCUT2D eigenvalue weighted by Gasteiger charge is -2.23. The predicted molar refractivity (Wildman–Crippen MR) is 79.8 cm³/mol. The molecule has 0 aromatic heterocycles. The first-order chi connectivity index (χ1) is 9.67. The van der Waals surface area contributed by atoms with Crippen LogP contribution in [0.25, 0.3) is 0 Å². The van der Waals surface area contributed by atoms with Crippen LogP contribution in [0.4, 0.5) is 0 Å². The number of nitrogens with two attached hydrogens (primary N) is 1. The lowest BCUT2D eigenvalue weighted by molar-refractivity contribution is -0.0508. The topological polar surface area (TPSA) is 44.5 Å². The van der Waals surface area contributed by atoms with E-state index in [9.17, 15) is 0 Å². The summed E-state index contributed by atoms with van der Waals surface area (Å²) in [5, 5.41) is 0. The normalized spacial score (nSPS) is 26.0. The van der Waals surface area contributed by atoms with Gasteiger partial charge in [-0.3, -0.25) is 0 Å². The van der Waals surface area contributed by atoms with Crippen molar-refractivity contribution in [1.82, 2.24) is 0 Å². The number of rotatable bonds is 4. The fourth-order valence-corrected chi connectivity index (χ4v) is 3.48. The zero-order valence-corrected chi connectivity index (χ0v) is 12.3. The van der Waals surface area contributed by atoms with Crippen molar-refractivity contribution in [3.05, 3.63) is 29.8 Å². The third kappa shape index (κ3) is 2.99. The lowest BCUT2D eigenvalue weighted by atomic mass is 9.98. The first kappa shape index (κ1) is 13.9. The van der Waals surface area contributed by atoms with Gasteiger partial charge in [-0.05, 0) is 50.3 Å². The van der Waals surface area contributed by atoms with E-state index >= 15 is 0 Å². The van der Waals surface area contributed by atoms with Crippen molar-refractivity contribution in [2.24, 2.45) is 5.73 Å². The van der Waals surface area contributed by atoms with Crippen molar-refractivity contribution in [2.75, 3.05) is 6.61 Å². The molecule has 0 amide bonds. The zero-order valence-electron chi connectivity index (χ0n) is 12.3. The van der Waals surface area contributed by atoms with Crippen LogP contribution in [0.3, 0.4) is 0 Å². The Morgan fingerprint density at radius 1 is 1.35 bits per heavy atom. The molecule has 1 saturated carbocycles. The van der Waals surface area contributed by atoms with Crippen molar-refractivity contribution in [3.8, 4) is 5.75 Å². The average molecular weight is 275 g/mol. The summed E-state index contributed by atoms with van der Waals surface area (Å²) in [6.45, 7) is 2.65. The summed E-state index contributed by atoms with van der Waals surface area (Å²) in [6.07, 6.45) is 7.72. The van der Waals surface area contributed by atoms with Crippen LogP contribution in [0.15, 0.2) is 24.3 Å². The molecule has 2 fully saturated rings. The van der Waals surface area contributed by atoms with Crippen LogP contribution in [0, 0.1) is 0 Å². The third-order valence-electron chi connectivity index (χ3n) is 4.67. The quantitative estimate of drug-likeness (QED) is 0.913. The Morgan fingerprint density at radius 3 is 2.90 bits per heavy atom. The highest BCUT2D eigenvalue weighted by atomic mass is 16.6. The molecule has 1 aliphatic heterocycles. The van der Waals surface area contributed by atoms with Gasteiger partial charge in [0.2, 0.25) is 0 Å². The van der Waals surface area contributed by atoms with Gasteiger partial charge in [0.1, 0.15) is 12.4 Å².